The number of aromatic nitrogens is 4. The summed E-state index contributed by atoms with van der Waals surface area (Å²) in [5.74, 6) is 1.92. The second-order valence-corrected chi connectivity index (χ2v) is 11.5. The molecule has 0 saturated carbocycles. The van der Waals surface area contributed by atoms with Gasteiger partial charge in [-0.25, -0.2) is 0 Å². The van der Waals surface area contributed by atoms with Crippen LogP contribution in [0.2, 0.25) is 0 Å². The van der Waals surface area contributed by atoms with Crippen molar-refractivity contribution in [2.75, 3.05) is 0 Å². The number of aromatic amines is 1. The summed E-state index contributed by atoms with van der Waals surface area (Å²) in [6.07, 6.45) is 2.72. The number of carbonyl (C=O) groups is 1. The molecular formula is C35H32BrN5O3. The van der Waals surface area contributed by atoms with Crippen LogP contribution in [0.15, 0.2) is 106 Å². The summed E-state index contributed by atoms with van der Waals surface area (Å²) < 4.78 is 12.9. The maximum atomic E-state index is 14.3. The molecule has 2 aromatic heterocycles. The minimum absolute atomic E-state index is 0.0191. The number of aryl methyl sites for hydroxylation is 1. The van der Waals surface area contributed by atoms with Gasteiger partial charge < -0.3 is 14.1 Å². The molecule has 0 aliphatic heterocycles. The molecule has 0 aliphatic carbocycles. The van der Waals surface area contributed by atoms with Crippen LogP contribution in [0.4, 0.5) is 0 Å². The van der Waals surface area contributed by atoms with E-state index >= 15 is 0 Å². The number of fused-ring (bicyclic) bond motifs is 1. The van der Waals surface area contributed by atoms with Gasteiger partial charge in [-0.3, -0.25) is 4.79 Å². The van der Waals surface area contributed by atoms with E-state index in [9.17, 15) is 4.79 Å². The molecule has 0 radical (unpaired) electrons. The van der Waals surface area contributed by atoms with Crippen LogP contribution >= 0.6 is 15.9 Å². The average molecular weight is 651 g/mol. The third kappa shape index (κ3) is 6.73. The first kappa shape index (κ1) is 29.3. The number of nitrogens with one attached hydrogen (secondary N) is 1. The zero-order chi connectivity index (χ0) is 30.3. The van der Waals surface area contributed by atoms with Gasteiger partial charge in [-0.2, -0.15) is 5.21 Å². The zero-order valence-corrected chi connectivity index (χ0v) is 26.0. The Morgan fingerprint density at radius 3 is 2.36 bits per heavy atom. The Morgan fingerprint density at radius 1 is 0.909 bits per heavy atom. The first-order valence-corrected chi connectivity index (χ1v) is 15.5. The second-order valence-electron chi connectivity index (χ2n) is 10.6. The molecule has 6 aromatic rings. The molecule has 1 amide bonds. The molecule has 6 rings (SSSR count). The van der Waals surface area contributed by atoms with E-state index in [-0.39, 0.29) is 12.5 Å². The topological polar surface area (TPSA) is 97.1 Å². The normalized spacial score (nSPS) is 11.1. The Balaban J connectivity index is 1.24. The fourth-order valence-corrected chi connectivity index (χ4v) is 5.71. The van der Waals surface area contributed by atoms with Crippen molar-refractivity contribution in [3.05, 3.63) is 130 Å². The van der Waals surface area contributed by atoms with E-state index in [4.69, 9.17) is 9.15 Å². The quantitative estimate of drug-likeness (QED) is 0.144. The smallest absolute Gasteiger partial charge is 0.258 e. The van der Waals surface area contributed by atoms with E-state index in [0.29, 0.717) is 30.2 Å². The number of tetrazole rings is 1. The third-order valence-electron chi connectivity index (χ3n) is 7.48. The monoisotopic (exact) mass is 649 g/mol. The van der Waals surface area contributed by atoms with Crippen molar-refractivity contribution in [3.8, 4) is 16.9 Å². The number of halogens is 1. The summed E-state index contributed by atoms with van der Waals surface area (Å²) in [5, 5.41) is 14.7. The lowest BCUT2D eigenvalue weighted by Gasteiger charge is -2.23. The standard InChI is InChI=1S/C35H32BrN5O3/c1-2-3-12-32-34(28-11-7-8-13-30(28)44-32)35(42)41(21-24-9-5-4-6-10-24)22-25-14-16-26(17-15-25)27-18-19-31(29(36)20-27)43-23-33-37-39-40-38-33/h4-11,13-20H,2-3,12,21-23H2,1H3,(H,37,38,39,40). The van der Waals surface area contributed by atoms with E-state index in [2.05, 4.69) is 79.9 Å². The molecular weight excluding hydrogens is 618 g/mol. The number of para-hydroxylation sites is 1. The Morgan fingerprint density at radius 2 is 1.64 bits per heavy atom. The Bertz CT molecular complexity index is 1840. The number of unbranched alkanes of at least 4 members (excludes halogenated alkanes) is 1. The van der Waals surface area contributed by atoms with Crippen molar-refractivity contribution in [1.82, 2.24) is 25.5 Å². The van der Waals surface area contributed by atoms with Crippen molar-refractivity contribution in [2.24, 2.45) is 0 Å². The number of rotatable bonds is 12. The van der Waals surface area contributed by atoms with Crippen LogP contribution in [-0.4, -0.2) is 31.4 Å². The molecule has 0 unspecified atom stereocenters. The molecule has 2 heterocycles. The van der Waals surface area contributed by atoms with Crippen molar-refractivity contribution in [2.45, 2.75) is 45.9 Å². The van der Waals surface area contributed by atoms with Crippen LogP contribution in [0.3, 0.4) is 0 Å². The number of benzene rings is 4. The molecule has 8 nitrogen and oxygen atoms in total. The summed E-state index contributed by atoms with van der Waals surface area (Å²) in [6, 6.07) is 32.2. The van der Waals surface area contributed by atoms with Gasteiger partial charge in [-0.15, -0.1) is 10.2 Å². The van der Waals surface area contributed by atoms with Crippen molar-refractivity contribution >= 4 is 32.8 Å². The summed E-state index contributed by atoms with van der Waals surface area (Å²) >= 11 is 3.62. The predicted molar refractivity (Wildman–Crippen MR) is 173 cm³/mol. The van der Waals surface area contributed by atoms with E-state index in [0.717, 1.165) is 62.7 Å². The number of H-pyrrole nitrogens is 1. The first-order chi connectivity index (χ1) is 21.6. The number of nitrogens with zero attached hydrogens (tertiary/aromatic N) is 4. The molecule has 0 saturated heterocycles. The molecule has 4 aromatic carbocycles. The number of furan rings is 1. The first-order valence-electron chi connectivity index (χ1n) is 14.7. The fourth-order valence-electron chi connectivity index (χ4n) is 5.21. The van der Waals surface area contributed by atoms with Gasteiger partial charge in [0.05, 0.1) is 10.0 Å². The maximum Gasteiger partial charge on any atom is 0.258 e. The lowest BCUT2D eigenvalue weighted by atomic mass is 10.0. The van der Waals surface area contributed by atoms with Gasteiger partial charge in [-0.05, 0) is 62.8 Å². The van der Waals surface area contributed by atoms with Gasteiger partial charge in [0.1, 0.15) is 17.1 Å². The third-order valence-corrected chi connectivity index (χ3v) is 8.10. The summed E-state index contributed by atoms with van der Waals surface area (Å²) in [7, 11) is 0. The zero-order valence-electron chi connectivity index (χ0n) is 24.4. The lowest BCUT2D eigenvalue weighted by molar-refractivity contribution is 0.0729. The van der Waals surface area contributed by atoms with Gasteiger partial charge in [0.15, 0.2) is 6.61 Å². The summed E-state index contributed by atoms with van der Waals surface area (Å²) in [6.45, 7) is 3.32. The fraction of sp³-hybridized carbons (Fsp3) is 0.200. The van der Waals surface area contributed by atoms with Gasteiger partial charge in [-0.1, -0.05) is 97.4 Å². The molecule has 0 spiro atoms. The molecule has 9 heteroatoms. The van der Waals surface area contributed by atoms with Gasteiger partial charge in [0.25, 0.3) is 5.91 Å². The number of carbonyl (C=O) groups excluding carboxylic acids is 1. The Kier molecular flexibility index (Phi) is 9.12. The molecule has 0 aliphatic rings. The summed E-state index contributed by atoms with van der Waals surface area (Å²) in [4.78, 5) is 16.3. The molecule has 0 fully saturated rings. The number of hydrogen-bond acceptors (Lipinski definition) is 6. The number of hydrogen-bond donors (Lipinski definition) is 1. The minimum Gasteiger partial charge on any atom is -0.484 e. The number of amides is 1. The van der Waals surface area contributed by atoms with Crippen LogP contribution in [0.25, 0.3) is 22.1 Å². The van der Waals surface area contributed by atoms with Crippen LogP contribution in [-0.2, 0) is 26.1 Å². The highest BCUT2D eigenvalue weighted by atomic mass is 79.9. The summed E-state index contributed by atoms with van der Waals surface area (Å²) in [5.41, 5.74) is 5.64. The lowest BCUT2D eigenvalue weighted by Crippen LogP contribution is -2.30. The van der Waals surface area contributed by atoms with E-state index < -0.39 is 0 Å². The average Bonchev–Trinajstić information content (AvgIpc) is 3.71. The van der Waals surface area contributed by atoms with Gasteiger partial charge >= 0.3 is 0 Å². The molecule has 1 N–H and O–H groups in total. The number of ether oxygens (including phenoxy) is 1. The van der Waals surface area contributed by atoms with E-state index in [1.807, 2.05) is 65.6 Å². The Labute approximate surface area is 264 Å². The minimum atomic E-state index is -0.0191. The van der Waals surface area contributed by atoms with Crippen LogP contribution in [0.1, 0.15) is 52.8 Å². The van der Waals surface area contributed by atoms with Crippen molar-refractivity contribution < 1.29 is 13.9 Å². The van der Waals surface area contributed by atoms with Crippen molar-refractivity contribution in [1.29, 1.82) is 0 Å². The highest BCUT2D eigenvalue weighted by Crippen LogP contribution is 2.32. The maximum absolute atomic E-state index is 14.3. The predicted octanol–water partition coefficient (Wildman–Crippen LogP) is 8.14. The van der Waals surface area contributed by atoms with Gasteiger partial charge in [0.2, 0.25) is 5.82 Å². The van der Waals surface area contributed by atoms with E-state index in [1.165, 1.54) is 0 Å². The SMILES string of the molecule is CCCCc1oc2ccccc2c1C(=O)N(Cc1ccccc1)Cc1ccc(-c2ccc(OCc3nn[nH]n3)c(Br)c2)cc1. The molecule has 0 atom stereocenters. The second kappa shape index (κ2) is 13.7. The highest BCUT2D eigenvalue weighted by molar-refractivity contribution is 9.10. The van der Waals surface area contributed by atoms with E-state index in [1.54, 1.807) is 0 Å². The largest absolute Gasteiger partial charge is 0.484 e. The van der Waals surface area contributed by atoms with Crippen LogP contribution < -0.4 is 4.74 Å². The van der Waals surface area contributed by atoms with Crippen LogP contribution in [0.5, 0.6) is 5.75 Å². The molecule has 44 heavy (non-hydrogen) atoms. The van der Waals surface area contributed by atoms with Crippen LogP contribution in [0, 0.1) is 0 Å². The molecule has 0 bridgehead atoms. The van der Waals surface area contributed by atoms with Gasteiger partial charge in [0, 0.05) is 24.9 Å². The molecule has 222 valence electrons. The Hall–Kier alpha value is -4.76. The highest BCUT2D eigenvalue weighted by Gasteiger charge is 2.25. The van der Waals surface area contributed by atoms with Crippen molar-refractivity contribution in [3.63, 3.8) is 0 Å².